The lowest BCUT2D eigenvalue weighted by Gasteiger charge is -2.50. The first-order valence-corrected chi connectivity index (χ1v) is 15.4. The van der Waals surface area contributed by atoms with Gasteiger partial charge in [-0.05, 0) is 68.3 Å². The molecule has 1 fully saturated rings. The van der Waals surface area contributed by atoms with E-state index in [1.165, 1.54) is 36.4 Å². The van der Waals surface area contributed by atoms with Gasteiger partial charge in [0.2, 0.25) is 0 Å². The van der Waals surface area contributed by atoms with Crippen LogP contribution in [0.2, 0.25) is 5.02 Å². The Hall–Kier alpha value is -2.57. The van der Waals surface area contributed by atoms with Gasteiger partial charge in [-0.25, -0.2) is 17.2 Å². The maximum absolute atomic E-state index is 15.5. The molecule has 0 spiro atoms. The summed E-state index contributed by atoms with van der Waals surface area (Å²) in [5.74, 6) is -3.26. The molecular formula is C27H25ClF2O7S2. The zero-order valence-electron chi connectivity index (χ0n) is 20.8. The first-order chi connectivity index (χ1) is 18.5. The third kappa shape index (κ3) is 4.84. The molecule has 39 heavy (non-hydrogen) atoms. The van der Waals surface area contributed by atoms with Crippen molar-refractivity contribution in [3.05, 3.63) is 88.4 Å². The topological polar surface area (TPSA) is 96.0 Å². The van der Waals surface area contributed by atoms with E-state index in [1.54, 1.807) is 12.1 Å². The maximum atomic E-state index is 15.5. The fourth-order valence-electron chi connectivity index (χ4n) is 5.38. The van der Waals surface area contributed by atoms with Crippen molar-refractivity contribution in [3.8, 4) is 5.75 Å². The molecule has 7 nitrogen and oxygen atoms in total. The quantitative estimate of drug-likeness (QED) is 0.345. The van der Waals surface area contributed by atoms with Crippen LogP contribution < -0.4 is 4.74 Å². The van der Waals surface area contributed by atoms with Crippen molar-refractivity contribution < 1.29 is 39.3 Å². The lowest BCUT2D eigenvalue weighted by Crippen LogP contribution is -2.57. The molecule has 1 unspecified atom stereocenters. The van der Waals surface area contributed by atoms with Gasteiger partial charge in [0.1, 0.15) is 10.6 Å². The van der Waals surface area contributed by atoms with Crippen LogP contribution in [0.1, 0.15) is 24.0 Å². The summed E-state index contributed by atoms with van der Waals surface area (Å²) in [5.41, 5.74) is 0.485. The normalized spacial score (nSPS) is 23.0. The number of fused-ring (bicyclic) bond motifs is 3. The molecule has 3 atom stereocenters. The minimum absolute atomic E-state index is 0.0233. The molecule has 0 aliphatic carbocycles. The second-order valence-corrected chi connectivity index (χ2v) is 13.8. The van der Waals surface area contributed by atoms with E-state index >= 15 is 4.39 Å². The minimum atomic E-state index is -4.37. The molecule has 0 radical (unpaired) electrons. The van der Waals surface area contributed by atoms with Crippen molar-refractivity contribution >= 4 is 31.6 Å². The minimum Gasteiger partial charge on any atom is -0.490 e. The number of hydrogen-bond acceptors (Lipinski definition) is 7. The van der Waals surface area contributed by atoms with Gasteiger partial charge in [-0.2, -0.15) is 8.42 Å². The molecule has 3 aromatic carbocycles. The first kappa shape index (κ1) is 28.0. The number of aryl methyl sites for hydroxylation is 1. The van der Waals surface area contributed by atoms with E-state index in [4.69, 9.17) is 25.3 Å². The fraction of sp³-hybridized carbons (Fsp3) is 0.333. The average Bonchev–Trinajstić information content (AvgIpc) is 2.90. The van der Waals surface area contributed by atoms with Gasteiger partial charge in [0.05, 0.1) is 34.7 Å². The highest BCUT2D eigenvalue weighted by Gasteiger charge is 2.61. The second-order valence-electron chi connectivity index (χ2n) is 9.53. The Bertz CT molecular complexity index is 1590. The molecule has 2 heterocycles. The van der Waals surface area contributed by atoms with Crippen LogP contribution in [-0.2, 0) is 33.6 Å². The van der Waals surface area contributed by atoms with Crippen LogP contribution in [0.5, 0.6) is 5.75 Å². The Balaban J connectivity index is 1.52. The standard InChI is InChI=1S/C27H25ClF2O7S2/c1-17-2-6-20(7-3-17)39(33,34)37-14-12-24-21-16-36-26-23(30)11-10-22(29)25(26)27(21,13-15-35-24)38(31,32)19-8-4-18(28)5-9-19/h2-11,21,24H,12-16H2,1H3/t21?,24-,27-/m0/s1. The summed E-state index contributed by atoms with van der Waals surface area (Å²) < 4.78 is 99.0. The van der Waals surface area contributed by atoms with E-state index in [-0.39, 0.29) is 42.5 Å². The zero-order valence-corrected chi connectivity index (χ0v) is 23.2. The molecule has 0 aromatic heterocycles. The van der Waals surface area contributed by atoms with Crippen LogP contribution in [0.25, 0.3) is 0 Å². The molecule has 0 bridgehead atoms. The van der Waals surface area contributed by atoms with E-state index < -0.39 is 59.7 Å². The zero-order chi connectivity index (χ0) is 28.0. The van der Waals surface area contributed by atoms with Crippen molar-refractivity contribution in [2.24, 2.45) is 5.92 Å². The number of hydrogen-bond donors (Lipinski definition) is 0. The molecular weight excluding hydrogens is 574 g/mol. The predicted octanol–water partition coefficient (Wildman–Crippen LogP) is 5.19. The van der Waals surface area contributed by atoms with Gasteiger partial charge in [-0.1, -0.05) is 29.3 Å². The van der Waals surface area contributed by atoms with Crippen molar-refractivity contribution in [2.45, 2.75) is 40.4 Å². The Morgan fingerprint density at radius 2 is 1.59 bits per heavy atom. The highest BCUT2D eigenvalue weighted by atomic mass is 35.5. The van der Waals surface area contributed by atoms with Gasteiger partial charge in [0, 0.05) is 17.5 Å². The molecule has 2 aliphatic rings. The number of ether oxygens (including phenoxy) is 2. The largest absolute Gasteiger partial charge is 0.490 e. The molecule has 3 aromatic rings. The van der Waals surface area contributed by atoms with Crippen molar-refractivity contribution in [1.29, 1.82) is 0 Å². The number of rotatable bonds is 7. The third-order valence-electron chi connectivity index (χ3n) is 7.30. The Kier molecular flexibility index (Phi) is 7.49. The van der Waals surface area contributed by atoms with E-state index in [2.05, 4.69) is 0 Å². The van der Waals surface area contributed by atoms with Crippen LogP contribution in [-0.4, -0.2) is 42.8 Å². The van der Waals surface area contributed by atoms with Gasteiger partial charge in [0.25, 0.3) is 10.1 Å². The van der Waals surface area contributed by atoms with Gasteiger partial charge in [-0.3, -0.25) is 4.18 Å². The van der Waals surface area contributed by atoms with Crippen molar-refractivity contribution in [3.63, 3.8) is 0 Å². The van der Waals surface area contributed by atoms with Crippen molar-refractivity contribution in [1.82, 2.24) is 0 Å². The van der Waals surface area contributed by atoms with Crippen LogP contribution in [0.15, 0.2) is 70.5 Å². The van der Waals surface area contributed by atoms with E-state index in [0.717, 1.165) is 17.7 Å². The Labute approximate surface area is 230 Å². The van der Waals surface area contributed by atoms with Gasteiger partial charge >= 0.3 is 0 Å². The van der Waals surface area contributed by atoms with Gasteiger partial charge in [-0.15, -0.1) is 0 Å². The SMILES string of the molecule is Cc1ccc(S(=O)(=O)OCC[C@@H]2OCC[C@@]3(S(=O)(=O)c4ccc(Cl)cc4)c4c(F)ccc(F)c4OCC23)cc1. The third-order valence-corrected chi connectivity index (χ3v) is 11.4. The van der Waals surface area contributed by atoms with Gasteiger partial charge in [0.15, 0.2) is 21.4 Å². The molecule has 12 heteroatoms. The number of sulfone groups is 1. The molecule has 208 valence electrons. The van der Waals surface area contributed by atoms with Gasteiger partial charge < -0.3 is 9.47 Å². The fourth-order valence-corrected chi connectivity index (χ4v) is 8.77. The first-order valence-electron chi connectivity index (χ1n) is 12.2. The highest BCUT2D eigenvalue weighted by molar-refractivity contribution is 7.92. The summed E-state index contributed by atoms with van der Waals surface area (Å²) in [6.07, 6.45) is -1.10. The molecule has 0 saturated carbocycles. The Morgan fingerprint density at radius 1 is 0.949 bits per heavy atom. The summed E-state index contributed by atoms with van der Waals surface area (Å²) in [6.45, 7) is 1.09. The summed E-state index contributed by atoms with van der Waals surface area (Å²) in [4.78, 5) is -0.142. The molecule has 0 N–H and O–H groups in total. The molecule has 5 rings (SSSR count). The molecule has 1 saturated heterocycles. The Morgan fingerprint density at radius 3 is 2.28 bits per heavy atom. The van der Waals surface area contributed by atoms with Crippen LogP contribution in [0.3, 0.4) is 0 Å². The van der Waals surface area contributed by atoms with E-state index in [1.807, 2.05) is 6.92 Å². The summed E-state index contributed by atoms with van der Waals surface area (Å²) in [5, 5.41) is 0.310. The summed E-state index contributed by atoms with van der Waals surface area (Å²) >= 11 is 5.97. The average molecular weight is 599 g/mol. The number of benzene rings is 3. The van der Waals surface area contributed by atoms with E-state index in [0.29, 0.717) is 5.02 Å². The predicted molar refractivity (Wildman–Crippen MR) is 139 cm³/mol. The molecule has 2 aliphatic heterocycles. The summed E-state index contributed by atoms with van der Waals surface area (Å²) in [7, 11) is -8.46. The van der Waals surface area contributed by atoms with Crippen LogP contribution >= 0.6 is 11.6 Å². The van der Waals surface area contributed by atoms with Crippen LogP contribution in [0, 0.1) is 24.5 Å². The monoisotopic (exact) mass is 598 g/mol. The highest BCUT2D eigenvalue weighted by Crippen LogP contribution is 2.55. The van der Waals surface area contributed by atoms with Crippen molar-refractivity contribution in [2.75, 3.05) is 19.8 Å². The second kappa shape index (κ2) is 10.4. The lowest BCUT2D eigenvalue weighted by molar-refractivity contribution is -0.0793. The maximum Gasteiger partial charge on any atom is 0.296 e. The number of halogens is 3. The smallest absolute Gasteiger partial charge is 0.296 e. The molecule has 0 amide bonds. The summed E-state index contributed by atoms with van der Waals surface area (Å²) in [6, 6.07) is 13.3. The lowest BCUT2D eigenvalue weighted by atomic mass is 9.75. The van der Waals surface area contributed by atoms with E-state index in [9.17, 15) is 21.2 Å². The van der Waals surface area contributed by atoms with Crippen LogP contribution in [0.4, 0.5) is 8.78 Å².